The molecule has 0 unspecified atom stereocenters. The van der Waals surface area contributed by atoms with E-state index in [1.165, 1.54) is 10.6 Å². The number of pyridine rings is 1. The maximum atomic E-state index is 12.5. The second-order valence-electron chi connectivity index (χ2n) is 8.17. The van der Waals surface area contributed by atoms with Crippen LogP contribution < -0.4 is 15.0 Å². The highest BCUT2D eigenvalue weighted by Gasteiger charge is 2.19. The van der Waals surface area contributed by atoms with Crippen LogP contribution in [0, 0.1) is 6.92 Å². The number of hydrogen-bond acceptors (Lipinski definition) is 6. The van der Waals surface area contributed by atoms with Crippen molar-refractivity contribution in [1.82, 2.24) is 19.1 Å². The van der Waals surface area contributed by atoms with Gasteiger partial charge in [-0.2, -0.15) is 9.97 Å². The molecule has 172 valence electrons. The minimum Gasteiger partial charge on any atom is -0.422 e. The number of ether oxygens (including phenoxy) is 1. The van der Waals surface area contributed by atoms with E-state index in [9.17, 15) is 13.2 Å². The molecule has 0 bridgehead atoms. The number of benzene rings is 1. The monoisotopic (exact) mass is 467 g/mol. The smallest absolute Gasteiger partial charge is 0.324 e. The summed E-state index contributed by atoms with van der Waals surface area (Å²) in [5.41, 5.74) is 2.31. The number of nitrogens with one attached hydrogen (secondary N) is 1. The molecule has 0 aliphatic rings. The van der Waals surface area contributed by atoms with Crippen molar-refractivity contribution in [2.24, 2.45) is 14.1 Å². The number of nitrogens with zero attached hydrogens (tertiary/aromatic N) is 4. The molecular weight excluding hydrogens is 442 g/mol. The Morgan fingerprint density at radius 1 is 1.06 bits per heavy atom. The van der Waals surface area contributed by atoms with E-state index >= 15 is 0 Å². The number of hydrogen-bond donors (Lipinski definition) is 1. The summed E-state index contributed by atoms with van der Waals surface area (Å²) >= 11 is 0. The zero-order chi connectivity index (χ0) is 23.9. The largest absolute Gasteiger partial charge is 0.422 e. The van der Waals surface area contributed by atoms with Crippen LogP contribution in [0.5, 0.6) is 11.8 Å². The topological polar surface area (TPSA) is 108 Å². The number of sulfonamides is 1. The molecular formula is C23H25N5O4S. The normalized spacial score (nSPS) is 11.8. The second-order valence-corrected chi connectivity index (χ2v) is 10.4. The van der Waals surface area contributed by atoms with Gasteiger partial charge in [-0.3, -0.25) is 9.52 Å². The average Bonchev–Trinajstić information content (AvgIpc) is 3.13. The lowest BCUT2D eigenvalue weighted by molar-refractivity contribution is 0.446. The Morgan fingerprint density at radius 3 is 2.52 bits per heavy atom. The Labute approximate surface area is 191 Å². The Kier molecular flexibility index (Phi) is 5.71. The molecule has 3 aromatic heterocycles. The Morgan fingerprint density at radius 2 is 1.82 bits per heavy atom. The fourth-order valence-corrected chi connectivity index (χ4v) is 4.08. The van der Waals surface area contributed by atoms with Crippen LogP contribution in [0.3, 0.4) is 0 Å². The van der Waals surface area contributed by atoms with Crippen LogP contribution in [0.1, 0.15) is 19.4 Å². The average molecular weight is 468 g/mol. The number of anilines is 1. The third-order valence-electron chi connectivity index (χ3n) is 5.29. The van der Waals surface area contributed by atoms with Crippen molar-refractivity contribution >= 4 is 26.7 Å². The summed E-state index contributed by atoms with van der Waals surface area (Å²) in [4.78, 5) is 20.9. The van der Waals surface area contributed by atoms with Crippen molar-refractivity contribution in [3.8, 4) is 23.0 Å². The number of rotatable bonds is 6. The summed E-state index contributed by atoms with van der Waals surface area (Å²) in [6.07, 6.45) is 3.56. The van der Waals surface area contributed by atoms with E-state index < -0.39 is 15.3 Å². The lowest BCUT2D eigenvalue weighted by Crippen LogP contribution is -2.23. The van der Waals surface area contributed by atoms with Gasteiger partial charge in [0.15, 0.2) is 5.75 Å². The standard InChI is InChI=1S/C23H25N5O4S/c1-14(2)33(30,31)26-20-12-18(17-11-15(3)22(29)28(5)13-17)24-23(25-20)32-19-8-6-7-16-9-10-27(4)21(16)19/h6-14H,1-5H3,(H,24,25,26). The quantitative estimate of drug-likeness (QED) is 0.464. The van der Waals surface area contributed by atoms with Crippen LogP contribution in [0.2, 0.25) is 0 Å². The number of aryl methyl sites for hydroxylation is 3. The Hall–Kier alpha value is -3.66. The van der Waals surface area contributed by atoms with E-state index in [1.807, 2.05) is 36.0 Å². The summed E-state index contributed by atoms with van der Waals surface area (Å²) in [6, 6.07) is 10.8. The summed E-state index contributed by atoms with van der Waals surface area (Å²) < 4.78 is 36.9. The first-order chi connectivity index (χ1) is 15.5. The van der Waals surface area contributed by atoms with Gasteiger partial charge in [0.1, 0.15) is 5.82 Å². The summed E-state index contributed by atoms with van der Waals surface area (Å²) in [5.74, 6) is 0.612. The molecule has 0 fully saturated rings. The van der Waals surface area contributed by atoms with Crippen LogP contribution in [-0.2, 0) is 24.1 Å². The molecule has 0 atom stereocenters. The molecule has 10 heteroatoms. The zero-order valence-electron chi connectivity index (χ0n) is 19.0. The molecule has 1 N–H and O–H groups in total. The summed E-state index contributed by atoms with van der Waals surface area (Å²) in [6.45, 7) is 4.87. The first-order valence-electron chi connectivity index (χ1n) is 10.4. The molecule has 0 amide bonds. The van der Waals surface area contributed by atoms with Gasteiger partial charge in [0.25, 0.3) is 5.56 Å². The van der Waals surface area contributed by atoms with Crippen LogP contribution in [0.4, 0.5) is 5.82 Å². The van der Waals surface area contributed by atoms with Crippen molar-refractivity contribution < 1.29 is 13.2 Å². The molecule has 4 rings (SSSR count). The van der Waals surface area contributed by atoms with Crippen LogP contribution >= 0.6 is 0 Å². The lowest BCUT2D eigenvalue weighted by atomic mass is 10.1. The van der Waals surface area contributed by atoms with Crippen molar-refractivity contribution in [2.45, 2.75) is 26.0 Å². The van der Waals surface area contributed by atoms with Crippen LogP contribution in [-0.4, -0.2) is 32.8 Å². The molecule has 33 heavy (non-hydrogen) atoms. The predicted octanol–water partition coefficient (Wildman–Crippen LogP) is 3.58. The van der Waals surface area contributed by atoms with Gasteiger partial charge < -0.3 is 13.9 Å². The van der Waals surface area contributed by atoms with E-state index in [-0.39, 0.29) is 17.4 Å². The Balaban J connectivity index is 1.85. The SMILES string of the molecule is Cc1cc(-c2cc(NS(=O)(=O)C(C)C)nc(Oc3cccc4ccn(C)c34)n2)cn(C)c1=O. The highest BCUT2D eigenvalue weighted by Crippen LogP contribution is 2.31. The maximum Gasteiger partial charge on any atom is 0.324 e. The van der Waals surface area contributed by atoms with Gasteiger partial charge in [-0.15, -0.1) is 0 Å². The van der Waals surface area contributed by atoms with Gasteiger partial charge >= 0.3 is 6.01 Å². The first-order valence-corrected chi connectivity index (χ1v) is 11.9. The maximum absolute atomic E-state index is 12.5. The first kappa shape index (κ1) is 22.5. The van der Waals surface area contributed by atoms with E-state index in [0.29, 0.717) is 22.6 Å². The van der Waals surface area contributed by atoms with Gasteiger partial charge in [-0.25, -0.2) is 8.42 Å². The molecule has 0 saturated heterocycles. The van der Waals surface area contributed by atoms with Crippen molar-refractivity contribution in [2.75, 3.05) is 4.72 Å². The fourth-order valence-electron chi connectivity index (χ4n) is 3.45. The fraction of sp³-hybridized carbons (Fsp3) is 0.261. The van der Waals surface area contributed by atoms with Crippen LogP contribution in [0.25, 0.3) is 22.2 Å². The van der Waals surface area contributed by atoms with Crippen molar-refractivity contribution in [1.29, 1.82) is 0 Å². The highest BCUT2D eigenvalue weighted by molar-refractivity contribution is 7.93. The lowest BCUT2D eigenvalue weighted by Gasteiger charge is -2.14. The van der Waals surface area contributed by atoms with E-state index in [0.717, 1.165) is 10.9 Å². The molecule has 3 heterocycles. The van der Waals surface area contributed by atoms with Crippen molar-refractivity contribution in [3.05, 3.63) is 64.7 Å². The minimum absolute atomic E-state index is 0.0193. The second kappa shape index (κ2) is 8.36. The minimum atomic E-state index is -3.65. The molecule has 0 spiro atoms. The molecule has 9 nitrogen and oxygen atoms in total. The predicted molar refractivity (Wildman–Crippen MR) is 128 cm³/mol. The molecule has 0 aliphatic heterocycles. The molecule has 4 aromatic rings. The van der Waals surface area contributed by atoms with Gasteiger partial charge in [0, 0.05) is 49.1 Å². The van der Waals surface area contributed by atoms with Crippen LogP contribution in [0.15, 0.2) is 53.6 Å². The van der Waals surface area contributed by atoms with Crippen molar-refractivity contribution in [3.63, 3.8) is 0 Å². The van der Waals surface area contributed by atoms with Gasteiger partial charge in [0.2, 0.25) is 10.0 Å². The van der Waals surface area contributed by atoms with E-state index in [1.54, 1.807) is 46.1 Å². The van der Waals surface area contributed by atoms with Gasteiger partial charge in [-0.05, 0) is 39.0 Å². The number of para-hydroxylation sites is 1. The number of fused-ring (bicyclic) bond motifs is 1. The Bertz CT molecular complexity index is 1490. The third kappa shape index (κ3) is 4.47. The highest BCUT2D eigenvalue weighted by atomic mass is 32.2. The van der Waals surface area contributed by atoms with Gasteiger partial charge in [-0.1, -0.05) is 12.1 Å². The third-order valence-corrected chi connectivity index (χ3v) is 7.03. The summed E-state index contributed by atoms with van der Waals surface area (Å²) in [7, 11) is -0.0970. The molecule has 0 saturated carbocycles. The van der Waals surface area contributed by atoms with E-state index in [4.69, 9.17) is 4.74 Å². The van der Waals surface area contributed by atoms with E-state index in [2.05, 4.69) is 14.7 Å². The summed E-state index contributed by atoms with van der Waals surface area (Å²) in [5, 5.41) is 0.331. The molecule has 0 radical (unpaired) electrons. The molecule has 1 aromatic carbocycles. The molecule has 0 aliphatic carbocycles. The van der Waals surface area contributed by atoms with Gasteiger partial charge in [0.05, 0.1) is 16.5 Å². The zero-order valence-corrected chi connectivity index (χ0v) is 19.8. The number of aromatic nitrogens is 4.